The summed E-state index contributed by atoms with van der Waals surface area (Å²) in [5.41, 5.74) is 1.24. The first-order valence-electron chi connectivity index (χ1n) is 5.72. The highest BCUT2D eigenvalue weighted by Gasteiger charge is 2.22. The molecule has 0 saturated carbocycles. The fraction of sp³-hybridized carbons (Fsp3) is 0.583. The van der Waals surface area contributed by atoms with Crippen LogP contribution in [0.4, 0.5) is 5.82 Å². The maximum Gasteiger partial charge on any atom is 0.133 e. The molecule has 1 aliphatic heterocycles. The molecule has 0 radical (unpaired) electrons. The minimum Gasteiger partial charge on any atom is -0.379 e. The second-order valence-electron chi connectivity index (χ2n) is 4.14. The maximum absolute atomic E-state index is 5.41. The molecule has 2 heterocycles. The predicted molar refractivity (Wildman–Crippen MR) is 64.6 cm³/mol. The lowest BCUT2D eigenvalue weighted by Crippen LogP contribution is -2.33. The van der Waals surface area contributed by atoms with Gasteiger partial charge in [-0.25, -0.2) is 4.98 Å². The average molecular weight is 221 g/mol. The Labute approximate surface area is 96.6 Å². The molecule has 4 heteroatoms. The van der Waals surface area contributed by atoms with Gasteiger partial charge in [-0.15, -0.1) is 0 Å². The van der Waals surface area contributed by atoms with Gasteiger partial charge in [0.1, 0.15) is 5.82 Å². The molecule has 0 spiro atoms. The number of anilines is 1. The SMILES string of the molecule is CNCc1cccnc1N(C)C1CCOC1. The Morgan fingerprint density at radius 3 is 3.19 bits per heavy atom. The molecular formula is C12H19N3O. The van der Waals surface area contributed by atoms with E-state index in [1.165, 1.54) is 5.56 Å². The first-order valence-corrected chi connectivity index (χ1v) is 5.72. The highest BCUT2D eigenvalue weighted by atomic mass is 16.5. The van der Waals surface area contributed by atoms with Gasteiger partial charge in [0.15, 0.2) is 0 Å². The molecule has 0 aromatic carbocycles. The zero-order chi connectivity index (χ0) is 11.4. The molecule has 2 rings (SSSR count). The zero-order valence-electron chi connectivity index (χ0n) is 9.94. The zero-order valence-corrected chi connectivity index (χ0v) is 9.94. The van der Waals surface area contributed by atoms with Gasteiger partial charge in [-0.3, -0.25) is 0 Å². The summed E-state index contributed by atoms with van der Waals surface area (Å²) >= 11 is 0. The summed E-state index contributed by atoms with van der Waals surface area (Å²) in [4.78, 5) is 6.71. The van der Waals surface area contributed by atoms with Crippen molar-refractivity contribution in [2.45, 2.75) is 19.0 Å². The topological polar surface area (TPSA) is 37.4 Å². The van der Waals surface area contributed by atoms with Gasteiger partial charge in [0, 0.05) is 32.0 Å². The van der Waals surface area contributed by atoms with Crippen LogP contribution >= 0.6 is 0 Å². The molecule has 1 fully saturated rings. The highest BCUT2D eigenvalue weighted by molar-refractivity contribution is 5.47. The summed E-state index contributed by atoms with van der Waals surface area (Å²) in [6, 6.07) is 4.56. The number of hydrogen-bond acceptors (Lipinski definition) is 4. The van der Waals surface area contributed by atoms with Crippen molar-refractivity contribution < 1.29 is 4.74 Å². The Kier molecular flexibility index (Phi) is 3.74. The quantitative estimate of drug-likeness (QED) is 0.824. The largest absolute Gasteiger partial charge is 0.379 e. The molecule has 1 saturated heterocycles. The van der Waals surface area contributed by atoms with Crippen molar-refractivity contribution in [2.75, 3.05) is 32.2 Å². The van der Waals surface area contributed by atoms with Crippen LogP contribution in [-0.4, -0.2) is 38.3 Å². The van der Waals surface area contributed by atoms with E-state index in [9.17, 15) is 0 Å². The Bertz CT molecular complexity index is 337. The molecule has 1 atom stereocenters. The Balaban J connectivity index is 2.17. The van der Waals surface area contributed by atoms with E-state index < -0.39 is 0 Å². The second-order valence-corrected chi connectivity index (χ2v) is 4.14. The number of pyridine rings is 1. The van der Waals surface area contributed by atoms with Crippen molar-refractivity contribution in [1.29, 1.82) is 0 Å². The fourth-order valence-electron chi connectivity index (χ4n) is 2.08. The van der Waals surface area contributed by atoms with Crippen LogP contribution in [0.3, 0.4) is 0 Å². The van der Waals surface area contributed by atoms with E-state index in [1.807, 2.05) is 19.3 Å². The van der Waals surface area contributed by atoms with E-state index in [0.717, 1.165) is 32.0 Å². The van der Waals surface area contributed by atoms with Gasteiger partial charge in [-0.1, -0.05) is 6.07 Å². The van der Waals surface area contributed by atoms with Gasteiger partial charge in [0.2, 0.25) is 0 Å². The van der Waals surface area contributed by atoms with Crippen molar-refractivity contribution >= 4 is 5.82 Å². The van der Waals surface area contributed by atoms with E-state index >= 15 is 0 Å². The van der Waals surface area contributed by atoms with Crippen LogP contribution in [0, 0.1) is 0 Å². The molecule has 0 amide bonds. The monoisotopic (exact) mass is 221 g/mol. The smallest absolute Gasteiger partial charge is 0.133 e. The van der Waals surface area contributed by atoms with Crippen LogP contribution in [0.15, 0.2) is 18.3 Å². The minimum absolute atomic E-state index is 0.463. The maximum atomic E-state index is 5.41. The average Bonchev–Trinajstić information content (AvgIpc) is 2.83. The van der Waals surface area contributed by atoms with Crippen LogP contribution in [0.2, 0.25) is 0 Å². The van der Waals surface area contributed by atoms with Gasteiger partial charge in [0.05, 0.1) is 12.6 Å². The molecule has 1 unspecified atom stereocenters. The van der Waals surface area contributed by atoms with E-state index in [2.05, 4.69) is 28.3 Å². The van der Waals surface area contributed by atoms with E-state index in [-0.39, 0.29) is 0 Å². The number of nitrogens with one attached hydrogen (secondary N) is 1. The molecule has 1 N–H and O–H groups in total. The lowest BCUT2D eigenvalue weighted by atomic mass is 10.2. The molecular weight excluding hydrogens is 202 g/mol. The minimum atomic E-state index is 0.463. The first kappa shape index (κ1) is 11.4. The third-order valence-electron chi connectivity index (χ3n) is 3.02. The third kappa shape index (κ3) is 2.33. The van der Waals surface area contributed by atoms with Gasteiger partial charge in [-0.05, 0) is 19.5 Å². The van der Waals surface area contributed by atoms with Crippen LogP contribution in [-0.2, 0) is 11.3 Å². The van der Waals surface area contributed by atoms with Gasteiger partial charge < -0.3 is 15.0 Å². The Hall–Kier alpha value is -1.13. The summed E-state index contributed by atoms with van der Waals surface area (Å²) in [6.07, 6.45) is 2.94. The molecule has 1 aromatic rings. The molecule has 88 valence electrons. The van der Waals surface area contributed by atoms with Gasteiger partial charge in [0.25, 0.3) is 0 Å². The molecule has 1 aliphatic rings. The van der Waals surface area contributed by atoms with E-state index in [0.29, 0.717) is 6.04 Å². The molecule has 0 bridgehead atoms. The first-order chi connectivity index (χ1) is 7.83. The van der Waals surface area contributed by atoms with Crippen molar-refractivity contribution in [2.24, 2.45) is 0 Å². The van der Waals surface area contributed by atoms with Crippen LogP contribution in [0.1, 0.15) is 12.0 Å². The van der Waals surface area contributed by atoms with E-state index in [1.54, 1.807) is 0 Å². The lowest BCUT2D eigenvalue weighted by molar-refractivity contribution is 0.193. The van der Waals surface area contributed by atoms with Crippen LogP contribution in [0.25, 0.3) is 0 Å². The predicted octanol–water partition coefficient (Wildman–Crippen LogP) is 1.03. The Morgan fingerprint density at radius 1 is 1.62 bits per heavy atom. The third-order valence-corrected chi connectivity index (χ3v) is 3.02. The van der Waals surface area contributed by atoms with Crippen LogP contribution < -0.4 is 10.2 Å². The summed E-state index contributed by atoms with van der Waals surface area (Å²) in [5.74, 6) is 1.06. The summed E-state index contributed by atoms with van der Waals surface area (Å²) < 4.78 is 5.41. The van der Waals surface area contributed by atoms with Gasteiger partial charge in [-0.2, -0.15) is 0 Å². The van der Waals surface area contributed by atoms with Gasteiger partial charge >= 0.3 is 0 Å². The molecule has 4 nitrogen and oxygen atoms in total. The number of ether oxygens (including phenoxy) is 1. The molecule has 1 aromatic heterocycles. The summed E-state index contributed by atoms with van der Waals surface area (Å²) in [7, 11) is 4.05. The standard InChI is InChI=1S/C12H19N3O/c1-13-8-10-4-3-6-14-12(10)15(2)11-5-7-16-9-11/h3-4,6,11,13H,5,7-9H2,1-2H3. The van der Waals surface area contributed by atoms with Crippen LogP contribution in [0.5, 0.6) is 0 Å². The van der Waals surface area contributed by atoms with Crippen molar-refractivity contribution in [3.63, 3.8) is 0 Å². The fourth-order valence-corrected chi connectivity index (χ4v) is 2.08. The van der Waals surface area contributed by atoms with Crippen molar-refractivity contribution in [3.05, 3.63) is 23.9 Å². The second kappa shape index (κ2) is 5.27. The molecule has 0 aliphatic carbocycles. The number of nitrogens with zero attached hydrogens (tertiary/aromatic N) is 2. The highest BCUT2D eigenvalue weighted by Crippen LogP contribution is 2.21. The van der Waals surface area contributed by atoms with Crippen molar-refractivity contribution in [1.82, 2.24) is 10.3 Å². The number of likely N-dealkylation sites (N-methyl/N-ethyl adjacent to an activating group) is 1. The number of rotatable bonds is 4. The normalized spacial score (nSPS) is 20.0. The number of hydrogen-bond donors (Lipinski definition) is 1. The number of aromatic nitrogens is 1. The van der Waals surface area contributed by atoms with Crippen molar-refractivity contribution in [3.8, 4) is 0 Å². The summed E-state index contributed by atoms with van der Waals surface area (Å²) in [5, 5.41) is 3.17. The lowest BCUT2D eigenvalue weighted by Gasteiger charge is -2.26. The van der Waals surface area contributed by atoms with E-state index in [4.69, 9.17) is 4.74 Å². The molecule has 16 heavy (non-hydrogen) atoms. The summed E-state index contributed by atoms with van der Waals surface area (Å²) in [6.45, 7) is 2.52. The Morgan fingerprint density at radius 2 is 2.50 bits per heavy atom.